The molecule has 0 radical (unpaired) electrons. The number of amides is 1. The molecule has 2 aromatic heterocycles. The lowest BCUT2D eigenvalue weighted by molar-refractivity contribution is 0.103. The van der Waals surface area contributed by atoms with E-state index in [1.165, 1.54) is 11.3 Å². The molecule has 0 bridgehead atoms. The van der Waals surface area contributed by atoms with Crippen molar-refractivity contribution in [3.05, 3.63) is 87.2 Å². The molecule has 5 aromatic rings. The number of methoxy groups -OCH3 is 2. The zero-order valence-electron chi connectivity index (χ0n) is 20.8. The van der Waals surface area contributed by atoms with Gasteiger partial charge in [0.15, 0.2) is 11.5 Å². The number of aromatic nitrogens is 1. The monoisotopic (exact) mass is 563 g/mol. The number of hydrogen-bond donors (Lipinski definition) is 2. The smallest absolute Gasteiger partial charge is 0.267 e. The van der Waals surface area contributed by atoms with Crippen molar-refractivity contribution >= 4 is 62.0 Å². The molecule has 0 fully saturated rings. The molecular formula is C29H23Cl2N3O3S. The van der Waals surface area contributed by atoms with E-state index in [0.717, 1.165) is 27.9 Å². The summed E-state index contributed by atoms with van der Waals surface area (Å²) < 4.78 is 11.0. The van der Waals surface area contributed by atoms with Gasteiger partial charge in [-0.25, -0.2) is 4.98 Å². The number of carbonyl (C=O) groups is 1. The normalized spacial score (nSPS) is 11.0. The number of nitrogen functional groups attached to an aromatic ring is 1. The molecule has 5 rings (SSSR count). The molecule has 38 heavy (non-hydrogen) atoms. The number of nitrogens with two attached hydrogens (primary N) is 1. The third kappa shape index (κ3) is 4.76. The van der Waals surface area contributed by atoms with Crippen molar-refractivity contribution < 1.29 is 14.3 Å². The summed E-state index contributed by atoms with van der Waals surface area (Å²) in [6.07, 6.45) is 0. The van der Waals surface area contributed by atoms with E-state index in [-0.39, 0.29) is 5.02 Å². The Morgan fingerprint density at radius 1 is 0.947 bits per heavy atom. The number of benzene rings is 3. The van der Waals surface area contributed by atoms with Gasteiger partial charge in [0.05, 0.1) is 41.3 Å². The van der Waals surface area contributed by atoms with E-state index in [1.54, 1.807) is 32.4 Å². The Morgan fingerprint density at radius 3 is 2.37 bits per heavy atom. The van der Waals surface area contributed by atoms with Gasteiger partial charge in [-0.1, -0.05) is 65.2 Å². The van der Waals surface area contributed by atoms with Crippen molar-refractivity contribution in [2.45, 2.75) is 6.92 Å². The van der Waals surface area contributed by atoms with E-state index in [9.17, 15) is 4.79 Å². The van der Waals surface area contributed by atoms with Crippen LogP contribution in [0.4, 0.5) is 11.4 Å². The minimum atomic E-state index is -0.398. The van der Waals surface area contributed by atoms with Gasteiger partial charge >= 0.3 is 0 Å². The van der Waals surface area contributed by atoms with E-state index in [4.69, 9.17) is 43.4 Å². The first kappa shape index (κ1) is 25.9. The Balaban J connectivity index is 1.70. The Bertz CT molecular complexity index is 1680. The highest BCUT2D eigenvalue weighted by atomic mass is 35.5. The lowest BCUT2D eigenvalue weighted by Crippen LogP contribution is -2.12. The minimum absolute atomic E-state index is 0.257. The molecule has 0 saturated heterocycles. The fraction of sp³-hybridized carbons (Fsp3) is 0.103. The van der Waals surface area contributed by atoms with Crippen LogP contribution in [0.2, 0.25) is 10.0 Å². The highest BCUT2D eigenvalue weighted by Crippen LogP contribution is 2.43. The lowest BCUT2D eigenvalue weighted by Gasteiger charge is -2.12. The van der Waals surface area contributed by atoms with Crippen molar-refractivity contribution in [1.29, 1.82) is 0 Å². The second kappa shape index (κ2) is 10.5. The first-order valence-electron chi connectivity index (χ1n) is 11.6. The maximum absolute atomic E-state index is 13.3. The van der Waals surface area contributed by atoms with Gasteiger partial charge < -0.3 is 20.5 Å². The van der Waals surface area contributed by atoms with E-state index in [2.05, 4.69) is 5.32 Å². The number of anilines is 2. The number of halogens is 2. The van der Waals surface area contributed by atoms with Gasteiger partial charge in [0.25, 0.3) is 5.91 Å². The Kier molecular flexibility index (Phi) is 7.17. The fourth-order valence-electron chi connectivity index (χ4n) is 4.17. The second-order valence-corrected chi connectivity index (χ2v) is 10.4. The number of carbonyl (C=O) groups excluding carboxylic acids is 1. The molecule has 1 amide bonds. The highest BCUT2D eigenvalue weighted by molar-refractivity contribution is 7.21. The SMILES string of the molecule is COc1ccc(-c2cc(-c3ccc(C)cc3)nc3sc(C(=O)Nc4cccc(Cl)c4Cl)c(N)c23)cc1OC. The minimum Gasteiger partial charge on any atom is -0.493 e. The number of ether oxygens (including phenoxy) is 2. The van der Waals surface area contributed by atoms with Gasteiger partial charge in [0, 0.05) is 10.9 Å². The van der Waals surface area contributed by atoms with Crippen LogP contribution in [0.5, 0.6) is 11.5 Å². The summed E-state index contributed by atoms with van der Waals surface area (Å²) in [4.78, 5) is 19.2. The standard InChI is InChI=1S/C29H23Cl2N3O3S/c1-15-7-9-16(10-8-15)21-14-18(17-11-12-22(36-2)23(13-17)37-3)24-26(32)27(38-29(24)34-21)28(35)33-20-6-4-5-19(30)25(20)31/h4-14H,32H2,1-3H3,(H,33,35). The molecule has 0 aliphatic carbocycles. The summed E-state index contributed by atoms with van der Waals surface area (Å²) in [5, 5.41) is 4.10. The molecule has 192 valence electrons. The van der Waals surface area contributed by atoms with E-state index < -0.39 is 5.91 Å². The first-order valence-corrected chi connectivity index (χ1v) is 13.2. The highest BCUT2D eigenvalue weighted by Gasteiger charge is 2.23. The Morgan fingerprint density at radius 2 is 1.66 bits per heavy atom. The average molecular weight is 564 g/mol. The van der Waals surface area contributed by atoms with Crippen LogP contribution in [0.15, 0.2) is 66.7 Å². The maximum Gasteiger partial charge on any atom is 0.267 e. The van der Waals surface area contributed by atoms with Gasteiger partial charge in [-0.05, 0) is 48.4 Å². The maximum atomic E-state index is 13.3. The molecule has 3 N–H and O–H groups in total. The van der Waals surface area contributed by atoms with E-state index in [1.807, 2.05) is 55.5 Å². The van der Waals surface area contributed by atoms with Crippen molar-refractivity contribution in [3.8, 4) is 33.9 Å². The summed E-state index contributed by atoms with van der Waals surface area (Å²) in [5.74, 6) is 0.788. The fourth-order valence-corrected chi connectivity index (χ4v) is 5.54. The van der Waals surface area contributed by atoms with Crippen LogP contribution in [0.25, 0.3) is 32.6 Å². The topological polar surface area (TPSA) is 86.5 Å². The number of rotatable bonds is 6. The lowest BCUT2D eigenvalue weighted by atomic mass is 9.98. The number of thiophene rings is 1. The van der Waals surface area contributed by atoms with Gasteiger partial charge in [0.1, 0.15) is 9.71 Å². The molecule has 9 heteroatoms. The zero-order chi connectivity index (χ0) is 27.0. The quantitative estimate of drug-likeness (QED) is 0.218. The van der Waals surface area contributed by atoms with Crippen LogP contribution in [0.1, 0.15) is 15.2 Å². The number of nitrogens with one attached hydrogen (secondary N) is 1. The Labute approximate surface area is 233 Å². The van der Waals surface area contributed by atoms with E-state index in [0.29, 0.717) is 43.0 Å². The van der Waals surface area contributed by atoms with Crippen LogP contribution in [0.3, 0.4) is 0 Å². The van der Waals surface area contributed by atoms with Gasteiger partial charge in [0.2, 0.25) is 0 Å². The van der Waals surface area contributed by atoms with Crippen molar-refractivity contribution in [2.24, 2.45) is 0 Å². The second-order valence-electron chi connectivity index (χ2n) is 8.57. The molecule has 2 heterocycles. The van der Waals surface area contributed by atoms with Crippen molar-refractivity contribution in [3.63, 3.8) is 0 Å². The summed E-state index contributed by atoms with van der Waals surface area (Å²) >= 11 is 13.6. The molecule has 3 aromatic carbocycles. The molecular weight excluding hydrogens is 541 g/mol. The number of aryl methyl sites for hydroxylation is 1. The van der Waals surface area contributed by atoms with Crippen molar-refractivity contribution in [1.82, 2.24) is 4.98 Å². The summed E-state index contributed by atoms with van der Waals surface area (Å²) in [6, 6.07) is 20.8. The van der Waals surface area contributed by atoms with Gasteiger partial charge in [-0.3, -0.25) is 4.79 Å². The number of hydrogen-bond acceptors (Lipinski definition) is 6. The van der Waals surface area contributed by atoms with Crippen LogP contribution in [-0.2, 0) is 0 Å². The largest absolute Gasteiger partial charge is 0.493 e. The molecule has 6 nitrogen and oxygen atoms in total. The van der Waals surface area contributed by atoms with Gasteiger partial charge in [-0.15, -0.1) is 11.3 Å². The summed E-state index contributed by atoms with van der Waals surface area (Å²) in [6.45, 7) is 2.03. The Hall–Kier alpha value is -3.78. The average Bonchev–Trinajstić information content (AvgIpc) is 3.27. The predicted octanol–water partition coefficient (Wildman–Crippen LogP) is 8.10. The molecule has 0 atom stereocenters. The van der Waals surface area contributed by atoms with Crippen LogP contribution in [0, 0.1) is 6.92 Å². The molecule has 0 unspecified atom stereocenters. The predicted molar refractivity (Wildman–Crippen MR) is 157 cm³/mol. The molecule has 0 spiro atoms. The van der Waals surface area contributed by atoms with Crippen LogP contribution in [-0.4, -0.2) is 25.1 Å². The number of pyridine rings is 1. The molecule has 0 aliphatic heterocycles. The van der Waals surface area contributed by atoms with Crippen LogP contribution < -0.4 is 20.5 Å². The molecule has 0 saturated carbocycles. The number of fused-ring (bicyclic) bond motifs is 1. The number of nitrogens with zero attached hydrogens (tertiary/aromatic N) is 1. The van der Waals surface area contributed by atoms with Crippen LogP contribution >= 0.6 is 34.5 Å². The third-order valence-corrected chi connectivity index (χ3v) is 8.06. The first-order chi connectivity index (χ1) is 18.3. The summed E-state index contributed by atoms with van der Waals surface area (Å²) in [7, 11) is 3.18. The third-order valence-electron chi connectivity index (χ3n) is 6.15. The summed E-state index contributed by atoms with van der Waals surface area (Å²) in [5.41, 5.74) is 11.9. The van der Waals surface area contributed by atoms with Crippen molar-refractivity contribution in [2.75, 3.05) is 25.3 Å². The van der Waals surface area contributed by atoms with E-state index >= 15 is 0 Å². The van der Waals surface area contributed by atoms with Gasteiger partial charge in [-0.2, -0.15) is 0 Å². The zero-order valence-corrected chi connectivity index (χ0v) is 23.1. The molecule has 0 aliphatic rings.